The van der Waals surface area contributed by atoms with Crippen molar-refractivity contribution in [3.05, 3.63) is 47.8 Å². The van der Waals surface area contributed by atoms with E-state index in [-0.39, 0.29) is 0 Å². The summed E-state index contributed by atoms with van der Waals surface area (Å²) in [5.74, 6) is 0. The van der Waals surface area contributed by atoms with Gasteiger partial charge < -0.3 is 0 Å². The van der Waals surface area contributed by atoms with Crippen LogP contribution < -0.4 is 4.72 Å². The molecule has 0 saturated heterocycles. The number of hydrogen-bond acceptors (Lipinski definition) is 3. The average molecular weight is 279 g/mol. The lowest BCUT2D eigenvalue weighted by atomic mass is 10.2. The van der Waals surface area contributed by atoms with Gasteiger partial charge in [0.25, 0.3) is 0 Å². The van der Waals surface area contributed by atoms with Crippen LogP contribution in [0, 0.1) is 0 Å². The summed E-state index contributed by atoms with van der Waals surface area (Å²) in [6, 6.07) is 7.07. The molecule has 102 valence electrons. The first kappa shape index (κ1) is 13.8. The fraction of sp³-hybridized carbons (Fsp3) is 0.308. The summed E-state index contributed by atoms with van der Waals surface area (Å²) in [4.78, 5) is 0.365. The zero-order valence-corrected chi connectivity index (χ0v) is 11.6. The molecule has 0 atom stereocenters. The molecule has 0 aliphatic rings. The molecular weight excluding hydrogens is 262 g/mol. The van der Waals surface area contributed by atoms with Crippen LogP contribution in [0.25, 0.3) is 0 Å². The van der Waals surface area contributed by atoms with Gasteiger partial charge in [0.05, 0.1) is 11.1 Å². The molecule has 0 fully saturated rings. The Morgan fingerprint density at radius 1 is 1.32 bits per heavy atom. The largest absolute Gasteiger partial charge is 0.285 e. The Morgan fingerprint density at radius 3 is 2.79 bits per heavy atom. The third-order valence-electron chi connectivity index (χ3n) is 2.90. The van der Waals surface area contributed by atoms with E-state index in [1.54, 1.807) is 24.5 Å². The minimum Gasteiger partial charge on any atom is -0.285 e. The molecule has 2 aromatic rings. The third kappa shape index (κ3) is 3.42. The van der Waals surface area contributed by atoms with Crippen molar-refractivity contribution in [3.8, 4) is 0 Å². The first-order chi connectivity index (χ1) is 9.13. The van der Waals surface area contributed by atoms with E-state index in [0.717, 1.165) is 11.1 Å². The normalized spacial score (nSPS) is 11.6. The Labute approximate surface area is 113 Å². The van der Waals surface area contributed by atoms with Crippen molar-refractivity contribution in [2.75, 3.05) is 6.54 Å². The molecule has 0 radical (unpaired) electrons. The number of aryl methyl sites for hydroxylation is 1. The highest BCUT2D eigenvalue weighted by molar-refractivity contribution is 7.89. The predicted molar refractivity (Wildman–Crippen MR) is 73.3 cm³/mol. The second-order valence-corrected chi connectivity index (χ2v) is 5.95. The summed E-state index contributed by atoms with van der Waals surface area (Å²) < 4.78 is 27.0. The van der Waals surface area contributed by atoms with Gasteiger partial charge in [0.15, 0.2) is 0 Å². The summed E-state index contributed by atoms with van der Waals surface area (Å²) in [7, 11) is -3.44. The minimum atomic E-state index is -3.44. The van der Waals surface area contributed by atoms with Gasteiger partial charge in [0.1, 0.15) is 0 Å². The van der Waals surface area contributed by atoms with Crippen molar-refractivity contribution < 1.29 is 8.42 Å². The monoisotopic (exact) mass is 279 g/mol. The first-order valence-corrected chi connectivity index (χ1v) is 7.67. The Bertz CT molecular complexity index is 621. The average Bonchev–Trinajstić information content (AvgIpc) is 2.91. The third-order valence-corrected chi connectivity index (χ3v) is 4.47. The lowest BCUT2D eigenvalue weighted by Crippen LogP contribution is -2.26. The van der Waals surface area contributed by atoms with E-state index < -0.39 is 10.0 Å². The number of H-pyrrole nitrogens is 1. The van der Waals surface area contributed by atoms with E-state index in [4.69, 9.17) is 0 Å². The standard InChI is InChI=1S/C13H17N3O2S/c1-2-12-5-3-4-6-13(12)19(17,18)16-8-7-11-9-14-15-10-11/h3-6,9-10,16H,2,7-8H2,1H3,(H,14,15). The molecule has 0 spiro atoms. The van der Waals surface area contributed by atoms with E-state index in [9.17, 15) is 8.42 Å². The summed E-state index contributed by atoms with van der Waals surface area (Å²) in [5.41, 5.74) is 1.81. The fourth-order valence-electron chi connectivity index (χ4n) is 1.88. The molecular formula is C13H17N3O2S. The van der Waals surface area contributed by atoms with Gasteiger partial charge in [-0.2, -0.15) is 5.10 Å². The van der Waals surface area contributed by atoms with Crippen LogP contribution in [0.2, 0.25) is 0 Å². The van der Waals surface area contributed by atoms with Crippen LogP contribution in [0.1, 0.15) is 18.1 Å². The van der Waals surface area contributed by atoms with Crippen LogP contribution in [0.3, 0.4) is 0 Å². The zero-order chi connectivity index (χ0) is 13.7. The fourth-order valence-corrected chi connectivity index (χ4v) is 3.22. The number of aromatic nitrogens is 2. The molecule has 0 amide bonds. The van der Waals surface area contributed by atoms with Crippen LogP contribution in [-0.2, 0) is 22.9 Å². The molecule has 1 aromatic carbocycles. The number of aromatic amines is 1. The Kier molecular flexibility index (Phi) is 4.34. The highest BCUT2D eigenvalue weighted by atomic mass is 32.2. The summed E-state index contributed by atoms with van der Waals surface area (Å²) in [6.45, 7) is 2.31. The lowest BCUT2D eigenvalue weighted by molar-refractivity contribution is 0.580. The molecule has 0 aliphatic heterocycles. The number of hydrogen-bond donors (Lipinski definition) is 2. The number of sulfonamides is 1. The van der Waals surface area contributed by atoms with E-state index in [1.165, 1.54) is 0 Å². The highest BCUT2D eigenvalue weighted by Crippen LogP contribution is 2.15. The van der Waals surface area contributed by atoms with Crippen molar-refractivity contribution in [2.45, 2.75) is 24.7 Å². The smallest absolute Gasteiger partial charge is 0.240 e. The molecule has 0 saturated carbocycles. The van der Waals surface area contributed by atoms with Crippen LogP contribution in [-0.4, -0.2) is 25.2 Å². The predicted octanol–water partition coefficient (Wildman–Crippen LogP) is 1.49. The van der Waals surface area contributed by atoms with E-state index in [0.29, 0.717) is 24.3 Å². The second-order valence-electron chi connectivity index (χ2n) is 4.22. The number of rotatable bonds is 6. The van der Waals surface area contributed by atoms with Crippen molar-refractivity contribution in [3.63, 3.8) is 0 Å². The van der Waals surface area contributed by atoms with Gasteiger partial charge in [-0.1, -0.05) is 25.1 Å². The zero-order valence-electron chi connectivity index (χ0n) is 10.8. The van der Waals surface area contributed by atoms with Crippen molar-refractivity contribution >= 4 is 10.0 Å². The Hall–Kier alpha value is -1.66. The molecule has 5 nitrogen and oxygen atoms in total. The van der Waals surface area contributed by atoms with Crippen molar-refractivity contribution in [1.29, 1.82) is 0 Å². The second kappa shape index (κ2) is 5.99. The van der Waals surface area contributed by atoms with Crippen LogP contribution in [0.15, 0.2) is 41.6 Å². The van der Waals surface area contributed by atoms with Gasteiger partial charge in [0.2, 0.25) is 10.0 Å². The Morgan fingerprint density at radius 2 is 2.11 bits per heavy atom. The quantitative estimate of drug-likeness (QED) is 0.841. The molecule has 2 rings (SSSR count). The van der Waals surface area contributed by atoms with Gasteiger partial charge in [0, 0.05) is 12.7 Å². The van der Waals surface area contributed by atoms with E-state index in [1.807, 2.05) is 19.1 Å². The molecule has 0 bridgehead atoms. The maximum atomic E-state index is 12.2. The van der Waals surface area contributed by atoms with Gasteiger partial charge in [-0.3, -0.25) is 5.10 Å². The minimum absolute atomic E-state index is 0.361. The maximum Gasteiger partial charge on any atom is 0.240 e. The van der Waals surface area contributed by atoms with E-state index >= 15 is 0 Å². The van der Waals surface area contributed by atoms with Crippen LogP contribution >= 0.6 is 0 Å². The maximum absolute atomic E-state index is 12.2. The Balaban J connectivity index is 2.05. The molecule has 19 heavy (non-hydrogen) atoms. The van der Waals surface area contributed by atoms with Crippen LogP contribution in [0.5, 0.6) is 0 Å². The summed E-state index contributed by atoms with van der Waals surface area (Å²) in [6.07, 6.45) is 4.76. The summed E-state index contributed by atoms with van der Waals surface area (Å²) >= 11 is 0. The molecule has 1 heterocycles. The lowest BCUT2D eigenvalue weighted by Gasteiger charge is -2.09. The van der Waals surface area contributed by atoms with E-state index in [2.05, 4.69) is 14.9 Å². The SMILES string of the molecule is CCc1ccccc1S(=O)(=O)NCCc1cn[nH]c1. The number of nitrogens with one attached hydrogen (secondary N) is 2. The molecule has 2 N–H and O–H groups in total. The number of benzene rings is 1. The van der Waals surface area contributed by atoms with Crippen LogP contribution in [0.4, 0.5) is 0 Å². The molecule has 0 unspecified atom stereocenters. The topological polar surface area (TPSA) is 74.8 Å². The van der Waals surface area contributed by atoms with Gasteiger partial charge in [-0.25, -0.2) is 13.1 Å². The first-order valence-electron chi connectivity index (χ1n) is 6.18. The van der Waals surface area contributed by atoms with Gasteiger partial charge in [-0.05, 0) is 30.0 Å². The highest BCUT2D eigenvalue weighted by Gasteiger charge is 2.16. The van der Waals surface area contributed by atoms with Crippen molar-refractivity contribution in [2.24, 2.45) is 0 Å². The van der Waals surface area contributed by atoms with Gasteiger partial charge >= 0.3 is 0 Å². The molecule has 1 aromatic heterocycles. The number of nitrogens with zero attached hydrogens (tertiary/aromatic N) is 1. The molecule has 0 aliphatic carbocycles. The van der Waals surface area contributed by atoms with Crippen molar-refractivity contribution in [1.82, 2.24) is 14.9 Å². The summed E-state index contributed by atoms with van der Waals surface area (Å²) in [5, 5.41) is 6.52. The molecule has 6 heteroatoms. The van der Waals surface area contributed by atoms with Gasteiger partial charge in [-0.15, -0.1) is 0 Å².